The van der Waals surface area contributed by atoms with Crippen LogP contribution < -0.4 is 14.4 Å². The van der Waals surface area contributed by atoms with Gasteiger partial charge in [0.15, 0.2) is 0 Å². The van der Waals surface area contributed by atoms with Crippen molar-refractivity contribution >= 4 is 23.1 Å². The van der Waals surface area contributed by atoms with Crippen LogP contribution in [0.1, 0.15) is 55.0 Å². The lowest BCUT2D eigenvalue weighted by atomic mass is 9.93. The van der Waals surface area contributed by atoms with E-state index in [0.717, 1.165) is 48.1 Å². The first-order valence-corrected chi connectivity index (χ1v) is 12.9. The Morgan fingerprint density at radius 2 is 1.86 bits per heavy atom. The van der Waals surface area contributed by atoms with E-state index >= 15 is 0 Å². The molecular weight excluding hydrogens is 466 g/mol. The van der Waals surface area contributed by atoms with Gasteiger partial charge in [-0.05, 0) is 72.7 Å². The number of hydrogen-bond donors (Lipinski definition) is 1. The number of aliphatic hydroxyl groups excluding tert-OH is 1. The fourth-order valence-electron chi connectivity index (χ4n) is 4.96. The van der Waals surface area contributed by atoms with E-state index in [1.165, 1.54) is 4.90 Å². The topological polar surface area (TPSA) is 76.1 Å². The fraction of sp³-hybridized carbons (Fsp3) is 0.290. The Bertz CT molecular complexity index is 1360. The van der Waals surface area contributed by atoms with E-state index in [4.69, 9.17) is 9.47 Å². The third-order valence-corrected chi connectivity index (χ3v) is 6.90. The molecule has 1 unspecified atom stereocenters. The Morgan fingerprint density at radius 1 is 1.05 bits per heavy atom. The van der Waals surface area contributed by atoms with Crippen LogP contribution in [0.25, 0.3) is 5.76 Å². The number of Topliss-reactive ketones (excluding diaryl/α,β-unsaturated/α-hetero) is 1. The predicted octanol–water partition coefficient (Wildman–Crippen LogP) is 5.99. The number of benzene rings is 3. The summed E-state index contributed by atoms with van der Waals surface area (Å²) in [6.07, 6.45) is 3.44. The lowest BCUT2D eigenvalue weighted by Gasteiger charge is -2.26. The minimum Gasteiger partial charge on any atom is -0.507 e. The summed E-state index contributed by atoms with van der Waals surface area (Å²) in [5.74, 6) is -0.164. The van der Waals surface area contributed by atoms with Crippen molar-refractivity contribution in [1.29, 1.82) is 0 Å². The van der Waals surface area contributed by atoms with Gasteiger partial charge in [-0.1, -0.05) is 44.2 Å². The summed E-state index contributed by atoms with van der Waals surface area (Å²) < 4.78 is 11.5. The van der Waals surface area contributed by atoms with Crippen molar-refractivity contribution in [3.63, 3.8) is 0 Å². The van der Waals surface area contributed by atoms with E-state index in [9.17, 15) is 14.7 Å². The van der Waals surface area contributed by atoms with E-state index in [1.54, 1.807) is 24.3 Å². The summed E-state index contributed by atoms with van der Waals surface area (Å²) in [6.45, 7) is 5.31. The second-order valence-electron chi connectivity index (χ2n) is 9.38. The first-order chi connectivity index (χ1) is 18.0. The second kappa shape index (κ2) is 10.5. The Labute approximate surface area is 217 Å². The summed E-state index contributed by atoms with van der Waals surface area (Å²) in [5.41, 5.74) is 3.99. The normalized spacial score (nSPS) is 18.4. The minimum absolute atomic E-state index is 0.0748. The number of nitrogens with zero attached hydrogens (tertiary/aromatic N) is 1. The Hall–Kier alpha value is -4.06. The lowest BCUT2D eigenvalue weighted by molar-refractivity contribution is -0.132. The third kappa shape index (κ3) is 4.71. The molecule has 0 aromatic heterocycles. The van der Waals surface area contributed by atoms with E-state index < -0.39 is 17.7 Å². The average Bonchev–Trinajstić information content (AvgIpc) is 3.21. The highest BCUT2D eigenvalue weighted by atomic mass is 16.5. The molecule has 37 heavy (non-hydrogen) atoms. The number of aliphatic hydroxyl groups is 1. The van der Waals surface area contributed by atoms with E-state index in [1.807, 2.05) is 49.4 Å². The van der Waals surface area contributed by atoms with E-state index in [0.29, 0.717) is 30.2 Å². The number of ketones is 1. The molecule has 1 saturated heterocycles. The van der Waals surface area contributed by atoms with Gasteiger partial charge in [-0.2, -0.15) is 0 Å². The van der Waals surface area contributed by atoms with Gasteiger partial charge in [-0.25, -0.2) is 0 Å². The van der Waals surface area contributed by atoms with Crippen LogP contribution in [0, 0.1) is 0 Å². The molecule has 6 heteroatoms. The Kier molecular flexibility index (Phi) is 6.99. The zero-order valence-electron chi connectivity index (χ0n) is 21.2. The van der Waals surface area contributed by atoms with Gasteiger partial charge < -0.3 is 14.6 Å². The predicted molar refractivity (Wildman–Crippen MR) is 143 cm³/mol. The molecule has 2 aliphatic heterocycles. The number of rotatable bonds is 7. The van der Waals surface area contributed by atoms with Crippen molar-refractivity contribution in [2.24, 2.45) is 0 Å². The van der Waals surface area contributed by atoms with E-state index in [2.05, 4.69) is 6.92 Å². The second-order valence-corrected chi connectivity index (χ2v) is 9.38. The molecule has 0 aliphatic carbocycles. The molecule has 0 saturated carbocycles. The van der Waals surface area contributed by atoms with Crippen LogP contribution in [0.3, 0.4) is 0 Å². The molecule has 3 aromatic rings. The van der Waals surface area contributed by atoms with Crippen molar-refractivity contribution < 1.29 is 24.2 Å². The van der Waals surface area contributed by atoms with Crippen LogP contribution in [0.2, 0.25) is 0 Å². The summed E-state index contributed by atoms with van der Waals surface area (Å²) in [7, 11) is 0. The Morgan fingerprint density at radius 3 is 2.62 bits per heavy atom. The van der Waals surface area contributed by atoms with Gasteiger partial charge in [-0.15, -0.1) is 0 Å². The van der Waals surface area contributed by atoms with Gasteiger partial charge in [0.1, 0.15) is 17.3 Å². The Balaban J connectivity index is 1.65. The molecule has 6 nitrogen and oxygen atoms in total. The smallest absolute Gasteiger partial charge is 0.300 e. The maximum Gasteiger partial charge on any atom is 0.300 e. The van der Waals surface area contributed by atoms with Crippen LogP contribution >= 0.6 is 0 Å². The largest absolute Gasteiger partial charge is 0.507 e. The number of fused-ring (bicyclic) bond motifs is 1. The van der Waals surface area contributed by atoms with Crippen molar-refractivity contribution in [3.05, 3.63) is 94.6 Å². The van der Waals surface area contributed by atoms with Crippen LogP contribution in [0.5, 0.6) is 11.5 Å². The summed E-state index contributed by atoms with van der Waals surface area (Å²) in [5, 5.41) is 11.5. The first-order valence-electron chi connectivity index (χ1n) is 12.9. The van der Waals surface area contributed by atoms with Gasteiger partial charge in [0.05, 0.1) is 24.8 Å². The van der Waals surface area contributed by atoms with Crippen LogP contribution in [0.4, 0.5) is 5.69 Å². The molecule has 0 radical (unpaired) electrons. The van der Waals surface area contributed by atoms with Crippen molar-refractivity contribution in [2.75, 3.05) is 18.1 Å². The molecule has 0 bridgehead atoms. The van der Waals surface area contributed by atoms with Gasteiger partial charge in [-0.3, -0.25) is 14.5 Å². The van der Waals surface area contributed by atoms with Gasteiger partial charge in [0.2, 0.25) is 0 Å². The molecule has 2 heterocycles. The maximum absolute atomic E-state index is 13.5. The SMILES string of the molecule is CCCOc1cccc(N2C(=O)C(=O)/C(=C(\O)c3ccc4c(c3)CCCO4)C2c2ccc(CC)cc2)c1. The average molecular weight is 498 g/mol. The molecule has 3 aromatic carbocycles. The summed E-state index contributed by atoms with van der Waals surface area (Å²) in [6, 6.07) is 19.7. The number of aryl methyl sites for hydroxylation is 2. The third-order valence-electron chi connectivity index (χ3n) is 6.90. The van der Waals surface area contributed by atoms with Crippen molar-refractivity contribution in [3.8, 4) is 11.5 Å². The number of amides is 1. The number of hydrogen-bond acceptors (Lipinski definition) is 5. The summed E-state index contributed by atoms with van der Waals surface area (Å²) in [4.78, 5) is 28.4. The van der Waals surface area contributed by atoms with Crippen LogP contribution in [-0.2, 0) is 22.4 Å². The van der Waals surface area contributed by atoms with Gasteiger partial charge in [0, 0.05) is 17.3 Å². The van der Waals surface area contributed by atoms with Crippen molar-refractivity contribution in [1.82, 2.24) is 0 Å². The molecule has 0 spiro atoms. The lowest BCUT2D eigenvalue weighted by Crippen LogP contribution is -2.29. The highest BCUT2D eigenvalue weighted by molar-refractivity contribution is 6.51. The molecule has 5 rings (SSSR count). The maximum atomic E-state index is 13.5. The first kappa shape index (κ1) is 24.6. The molecule has 1 N–H and O–H groups in total. The van der Waals surface area contributed by atoms with Crippen LogP contribution in [0.15, 0.2) is 72.3 Å². The molecule has 2 aliphatic rings. The molecule has 190 valence electrons. The van der Waals surface area contributed by atoms with Crippen molar-refractivity contribution in [2.45, 2.75) is 45.6 Å². The van der Waals surface area contributed by atoms with Crippen LogP contribution in [-0.4, -0.2) is 30.0 Å². The zero-order chi connectivity index (χ0) is 25.9. The highest BCUT2D eigenvalue weighted by Gasteiger charge is 2.47. The standard InChI is InChI=1S/C31H31NO5/c1-3-16-36-25-9-5-8-24(19-25)32-28(21-12-10-20(4-2)11-13-21)27(30(34)31(32)35)29(33)23-14-15-26-22(18-23)7-6-17-37-26/h5,8-15,18-19,28,33H,3-4,6-7,16-17H2,1-2H3/b29-27-. The van der Waals surface area contributed by atoms with E-state index in [-0.39, 0.29) is 11.3 Å². The number of anilines is 1. The number of carbonyl (C=O) groups is 2. The molecule has 1 fully saturated rings. The monoisotopic (exact) mass is 497 g/mol. The number of ether oxygens (including phenoxy) is 2. The number of carbonyl (C=O) groups excluding carboxylic acids is 2. The van der Waals surface area contributed by atoms with Gasteiger partial charge >= 0.3 is 0 Å². The molecule has 1 atom stereocenters. The van der Waals surface area contributed by atoms with Gasteiger partial charge in [0.25, 0.3) is 11.7 Å². The summed E-state index contributed by atoms with van der Waals surface area (Å²) >= 11 is 0. The fourth-order valence-corrected chi connectivity index (χ4v) is 4.96. The quantitative estimate of drug-likeness (QED) is 0.247. The zero-order valence-corrected chi connectivity index (χ0v) is 21.2. The molecular formula is C31H31NO5. The minimum atomic E-state index is -0.778. The highest BCUT2D eigenvalue weighted by Crippen LogP contribution is 2.43. The molecule has 1 amide bonds.